The van der Waals surface area contributed by atoms with Crippen molar-refractivity contribution in [3.63, 3.8) is 0 Å². The van der Waals surface area contributed by atoms with Gasteiger partial charge in [0.1, 0.15) is 5.82 Å². The van der Waals surface area contributed by atoms with Crippen molar-refractivity contribution in [3.8, 4) is 0 Å². The summed E-state index contributed by atoms with van der Waals surface area (Å²) >= 11 is 3.27. The monoisotopic (exact) mass is 238 g/mol. The normalized spacial score (nSPS) is 10.7. The molecule has 0 atom stereocenters. The Morgan fingerprint density at radius 1 is 1.15 bits per heavy atom. The van der Waals surface area contributed by atoms with Crippen molar-refractivity contribution in [2.24, 2.45) is 0 Å². The molecule has 66 valence electrons. The Hall–Kier alpha value is -0.890. The molecule has 2 aromatic rings. The van der Waals surface area contributed by atoms with Crippen molar-refractivity contribution in [2.45, 2.75) is 6.92 Å². The first-order valence-corrected chi connectivity index (χ1v) is 4.81. The Kier molecular flexibility index (Phi) is 2.08. The topological polar surface area (TPSA) is 0 Å². The SMILES string of the molecule is Cc1ccc2c(F)cc(Br)cc2c1. The van der Waals surface area contributed by atoms with Crippen LogP contribution in [-0.4, -0.2) is 0 Å². The van der Waals surface area contributed by atoms with Gasteiger partial charge < -0.3 is 0 Å². The highest BCUT2D eigenvalue weighted by molar-refractivity contribution is 9.10. The van der Waals surface area contributed by atoms with E-state index in [4.69, 9.17) is 0 Å². The molecule has 0 aliphatic carbocycles. The van der Waals surface area contributed by atoms with Crippen LogP contribution in [0.3, 0.4) is 0 Å². The molecule has 0 heterocycles. The summed E-state index contributed by atoms with van der Waals surface area (Å²) in [4.78, 5) is 0. The van der Waals surface area contributed by atoms with Crippen molar-refractivity contribution >= 4 is 26.7 Å². The van der Waals surface area contributed by atoms with Crippen LogP contribution in [0.1, 0.15) is 5.56 Å². The Bertz CT molecular complexity index is 458. The third-order valence-electron chi connectivity index (χ3n) is 2.02. The zero-order valence-electron chi connectivity index (χ0n) is 7.14. The number of benzene rings is 2. The molecule has 0 amide bonds. The van der Waals surface area contributed by atoms with E-state index in [-0.39, 0.29) is 5.82 Å². The lowest BCUT2D eigenvalue weighted by atomic mass is 10.1. The highest BCUT2D eigenvalue weighted by Gasteiger charge is 2.01. The standard InChI is InChI=1S/C11H8BrF/c1-7-2-3-10-8(4-7)5-9(12)6-11(10)13/h2-6H,1H3. The lowest BCUT2D eigenvalue weighted by molar-refractivity contribution is 0.639. The molecule has 0 spiro atoms. The molecule has 0 N–H and O–H groups in total. The van der Waals surface area contributed by atoms with E-state index in [2.05, 4.69) is 15.9 Å². The van der Waals surface area contributed by atoms with Crippen molar-refractivity contribution in [1.29, 1.82) is 0 Å². The minimum absolute atomic E-state index is 0.177. The third-order valence-corrected chi connectivity index (χ3v) is 2.48. The molecular weight excluding hydrogens is 231 g/mol. The number of aryl methyl sites for hydroxylation is 1. The summed E-state index contributed by atoms with van der Waals surface area (Å²) in [5.74, 6) is -0.177. The molecule has 2 aromatic carbocycles. The van der Waals surface area contributed by atoms with E-state index in [0.29, 0.717) is 5.39 Å². The van der Waals surface area contributed by atoms with Crippen LogP contribution in [0.25, 0.3) is 10.8 Å². The van der Waals surface area contributed by atoms with Gasteiger partial charge in [0, 0.05) is 9.86 Å². The van der Waals surface area contributed by atoms with E-state index >= 15 is 0 Å². The molecule has 0 aliphatic heterocycles. The summed E-state index contributed by atoms with van der Waals surface area (Å²) in [6.07, 6.45) is 0. The molecule has 2 rings (SSSR count). The molecule has 13 heavy (non-hydrogen) atoms. The number of hydrogen-bond donors (Lipinski definition) is 0. The summed E-state index contributed by atoms with van der Waals surface area (Å²) in [5, 5.41) is 1.61. The molecule has 0 unspecified atom stereocenters. The van der Waals surface area contributed by atoms with Gasteiger partial charge in [-0.25, -0.2) is 4.39 Å². The smallest absolute Gasteiger partial charge is 0.132 e. The van der Waals surface area contributed by atoms with Gasteiger partial charge in [-0.1, -0.05) is 39.7 Å². The average molecular weight is 239 g/mol. The molecule has 0 aliphatic rings. The van der Waals surface area contributed by atoms with Gasteiger partial charge in [0.15, 0.2) is 0 Å². The lowest BCUT2D eigenvalue weighted by Gasteiger charge is -2.01. The first-order valence-electron chi connectivity index (χ1n) is 4.02. The highest BCUT2D eigenvalue weighted by atomic mass is 79.9. The van der Waals surface area contributed by atoms with Crippen LogP contribution >= 0.6 is 15.9 Å². The molecule has 0 aromatic heterocycles. The maximum atomic E-state index is 13.3. The quantitative estimate of drug-likeness (QED) is 0.650. The molecule has 0 saturated carbocycles. The summed E-state index contributed by atoms with van der Waals surface area (Å²) in [6, 6.07) is 9.11. The predicted molar refractivity (Wildman–Crippen MR) is 56.3 cm³/mol. The van der Waals surface area contributed by atoms with Crippen molar-refractivity contribution in [2.75, 3.05) is 0 Å². The third kappa shape index (κ3) is 1.59. The van der Waals surface area contributed by atoms with E-state index in [0.717, 1.165) is 15.4 Å². The van der Waals surface area contributed by atoms with Gasteiger partial charge in [0.05, 0.1) is 0 Å². The van der Waals surface area contributed by atoms with Crippen LogP contribution in [0.15, 0.2) is 34.8 Å². The summed E-state index contributed by atoms with van der Waals surface area (Å²) in [5.41, 5.74) is 1.14. The van der Waals surface area contributed by atoms with Crippen LogP contribution < -0.4 is 0 Å². The Morgan fingerprint density at radius 3 is 2.69 bits per heavy atom. The van der Waals surface area contributed by atoms with Gasteiger partial charge >= 0.3 is 0 Å². The zero-order valence-corrected chi connectivity index (χ0v) is 8.73. The Morgan fingerprint density at radius 2 is 1.92 bits per heavy atom. The molecule has 0 saturated heterocycles. The fraction of sp³-hybridized carbons (Fsp3) is 0.0909. The Balaban J connectivity index is 2.86. The fourth-order valence-corrected chi connectivity index (χ4v) is 1.86. The van der Waals surface area contributed by atoms with Gasteiger partial charge in [0.25, 0.3) is 0 Å². The predicted octanol–water partition coefficient (Wildman–Crippen LogP) is 4.05. The van der Waals surface area contributed by atoms with E-state index in [1.54, 1.807) is 0 Å². The van der Waals surface area contributed by atoms with Crippen molar-refractivity contribution in [3.05, 3.63) is 46.2 Å². The van der Waals surface area contributed by atoms with Gasteiger partial charge in [-0.15, -0.1) is 0 Å². The Labute approximate surface area is 84.5 Å². The van der Waals surface area contributed by atoms with Crippen molar-refractivity contribution < 1.29 is 4.39 Å². The van der Waals surface area contributed by atoms with Crippen LogP contribution in [0.5, 0.6) is 0 Å². The molecule has 0 bridgehead atoms. The summed E-state index contributed by atoms with van der Waals surface area (Å²) in [6.45, 7) is 2.00. The van der Waals surface area contributed by atoms with Crippen LogP contribution in [0.4, 0.5) is 4.39 Å². The van der Waals surface area contributed by atoms with E-state index in [9.17, 15) is 4.39 Å². The van der Waals surface area contributed by atoms with E-state index in [1.807, 2.05) is 31.2 Å². The molecular formula is C11H8BrF. The number of hydrogen-bond acceptors (Lipinski definition) is 0. The molecule has 0 nitrogen and oxygen atoms in total. The van der Waals surface area contributed by atoms with E-state index in [1.165, 1.54) is 6.07 Å². The van der Waals surface area contributed by atoms with Gasteiger partial charge in [-0.2, -0.15) is 0 Å². The minimum atomic E-state index is -0.177. The largest absolute Gasteiger partial charge is 0.206 e. The van der Waals surface area contributed by atoms with Gasteiger partial charge in [-0.05, 0) is 24.4 Å². The summed E-state index contributed by atoms with van der Waals surface area (Å²) in [7, 11) is 0. The van der Waals surface area contributed by atoms with Gasteiger partial charge in [-0.3, -0.25) is 0 Å². The van der Waals surface area contributed by atoms with Crippen molar-refractivity contribution in [1.82, 2.24) is 0 Å². The zero-order chi connectivity index (χ0) is 9.42. The van der Waals surface area contributed by atoms with Crippen LogP contribution in [-0.2, 0) is 0 Å². The van der Waals surface area contributed by atoms with E-state index < -0.39 is 0 Å². The minimum Gasteiger partial charge on any atom is -0.206 e. The second-order valence-electron chi connectivity index (χ2n) is 3.11. The maximum absolute atomic E-state index is 13.3. The highest BCUT2D eigenvalue weighted by Crippen LogP contribution is 2.23. The van der Waals surface area contributed by atoms with Crippen LogP contribution in [0, 0.1) is 12.7 Å². The molecule has 0 radical (unpaired) electrons. The van der Waals surface area contributed by atoms with Gasteiger partial charge in [0.2, 0.25) is 0 Å². The molecule has 2 heteroatoms. The number of fused-ring (bicyclic) bond motifs is 1. The first kappa shape index (κ1) is 8.70. The maximum Gasteiger partial charge on any atom is 0.132 e. The first-order chi connectivity index (χ1) is 6.16. The molecule has 0 fully saturated rings. The second kappa shape index (κ2) is 3.11. The van der Waals surface area contributed by atoms with Crippen LogP contribution in [0.2, 0.25) is 0 Å². The second-order valence-corrected chi connectivity index (χ2v) is 4.03. The fourth-order valence-electron chi connectivity index (χ4n) is 1.41. The average Bonchev–Trinajstić information content (AvgIpc) is 2.02. The lowest BCUT2D eigenvalue weighted by Crippen LogP contribution is -1.81. The number of rotatable bonds is 0. The summed E-state index contributed by atoms with van der Waals surface area (Å²) < 4.78 is 14.1. The number of halogens is 2.